The van der Waals surface area contributed by atoms with Crippen molar-refractivity contribution >= 4 is 17.7 Å². The lowest BCUT2D eigenvalue weighted by Gasteiger charge is -2.28. The third-order valence-electron chi connectivity index (χ3n) is 6.90. The van der Waals surface area contributed by atoms with Gasteiger partial charge in [-0.05, 0) is 31.4 Å². The summed E-state index contributed by atoms with van der Waals surface area (Å²) in [5, 5.41) is 2.80. The van der Waals surface area contributed by atoms with E-state index in [1.807, 2.05) is 30.9 Å². The smallest absolute Gasteiger partial charge is 0.239 e. The number of likely N-dealkylation sites (tertiary alicyclic amines) is 1. The van der Waals surface area contributed by atoms with Gasteiger partial charge in [0.2, 0.25) is 17.7 Å². The summed E-state index contributed by atoms with van der Waals surface area (Å²) in [6.07, 6.45) is 4.22. The average Bonchev–Trinajstić information content (AvgIpc) is 3.28. The molecular formula is C23H27N3O4. The summed E-state index contributed by atoms with van der Waals surface area (Å²) in [6, 6.07) is 6.25. The molecule has 0 saturated carbocycles. The van der Waals surface area contributed by atoms with E-state index in [-0.39, 0.29) is 30.4 Å². The lowest BCUT2D eigenvalue weighted by atomic mass is 9.76. The normalized spacial score (nSPS) is 32.4. The van der Waals surface area contributed by atoms with Crippen molar-refractivity contribution in [3.05, 3.63) is 47.0 Å². The van der Waals surface area contributed by atoms with Crippen LogP contribution >= 0.6 is 0 Å². The maximum atomic E-state index is 13.5. The predicted molar refractivity (Wildman–Crippen MR) is 109 cm³/mol. The van der Waals surface area contributed by atoms with E-state index in [1.165, 1.54) is 0 Å². The van der Waals surface area contributed by atoms with E-state index in [9.17, 15) is 14.4 Å². The first-order chi connectivity index (χ1) is 14.4. The van der Waals surface area contributed by atoms with Crippen LogP contribution in [0.1, 0.15) is 23.1 Å². The lowest BCUT2D eigenvalue weighted by Crippen LogP contribution is -2.47. The number of nitrogens with one attached hydrogen (secondary N) is 1. The molecule has 2 bridgehead atoms. The zero-order chi connectivity index (χ0) is 21.0. The Balaban J connectivity index is 1.40. The Hall–Kier alpha value is -2.67. The Kier molecular flexibility index (Phi) is 4.47. The van der Waals surface area contributed by atoms with Crippen molar-refractivity contribution in [1.82, 2.24) is 15.1 Å². The largest absolute Gasteiger partial charge is 0.360 e. The molecule has 4 aliphatic heterocycles. The summed E-state index contributed by atoms with van der Waals surface area (Å²) in [5.41, 5.74) is 2.69. The molecule has 3 saturated heterocycles. The minimum atomic E-state index is -0.728. The lowest BCUT2D eigenvalue weighted by molar-refractivity contribution is -0.144. The SMILES string of the molecule is Cc1ccc(C)c(CN2C[C@]34C=C[C@H](O3)C(C(=O)N3CCCNC(=O)C3)C4C2=O)c1. The molecule has 4 aliphatic rings. The van der Waals surface area contributed by atoms with Gasteiger partial charge in [0.05, 0.1) is 31.0 Å². The van der Waals surface area contributed by atoms with Crippen LogP contribution in [-0.4, -0.2) is 65.4 Å². The molecule has 158 valence electrons. The first-order valence-electron chi connectivity index (χ1n) is 10.7. The number of nitrogens with zero attached hydrogens (tertiary/aromatic N) is 2. The first kappa shape index (κ1) is 19.3. The molecule has 30 heavy (non-hydrogen) atoms. The van der Waals surface area contributed by atoms with Crippen LogP contribution < -0.4 is 5.32 Å². The van der Waals surface area contributed by atoms with Gasteiger partial charge in [-0.25, -0.2) is 0 Å². The molecule has 0 aromatic heterocycles. The summed E-state index contributed by atoms with van der Waals surface area (Å²) in [5.74, 6) is -1.39. The number of ether oxygens (including phenoxy) is 1. The molecule has 3 fully saturated rings. The van der Waals surface area contributed by atoms with Crippen molar-refractivity contribution in [2.45, 2.75) is 38.5 Å². The van der Waals surface area contributed by atoms with Gasteiger partial charge in [0, 0.05) is 19.6 Å². The highest BCUT2D eigenvalue weighted by molar-refractivity contribution is 5.94. The van der Waals surface area contributed by atoms with Crippen molar-refractivity contribution < 1.29 is 19.1 Å². The average molecular weight is 409 g/mol. The highest BCUT2D eigenvalue weighted by Crippen LogP contribution is 2.52. The Morgan fingerprint density at radius 2 is 2.13 bits per heavy atom. The van der Waals surface area contributed by atoms with Gasteiger partial charge >= 0.3 is 0 Å². The van der Waals surface area contributed by atoms with Crippen LogP contribution in [0.2, 0.25) is 0 Å². The summed E-state index contributed by atoms with van der Waals surface area (Å²) in [7, 11) is 0. The Morgan fingerprint density at radius 3 is 2.97 bits per heavy atom. The summed E-state index contributed by atoms with van der Waals surface area (Å²) >= 11 is 0. The van der Waals surface area contributed by atoms with E-state index in [4.69, 9.17) is 4.74 Å². The minimum absolute atomic E-state index is 0.0274. The number of carbonyl (C=O) groups excluding carboxylic acids is 3. The molecule has 5 rings (SSSR count). The summed E-state index contributed by atoms with van der Waals surface area (Å²) in [4.78, 5) is 42.2. The van der Waals surface area contributed by atoms with Crippen molar-refractivity contribution in [1.29, 1.82) is 0 Å². The quantitative estimate of drug-likeness (QED) is 0.754. The number of hydrogen-bond acceptors (Lipinski definition) is 4. The van der Waals surface area contributed by atoms with E-state index in [0.717, 1.165) is 16.7 Å². The maximum Gasteiger partial charge on any atom is 0.239 e. The fraction of sp³-hybridized carbons (Fsp3) is 0.522. The Morgan fingerprint density at radius 1 is 1.30 bits per heavy atom. The number of rotatable bonds is 3. The molecule has 7 heteroatoms. The van der Waals surface area contributed by atoms with Gasteiger partial charge in [-0.15, -0.1) is 0 Å². The van der Waals surface area contributed by atoms with Gasteiger partial charge in [-0.1, -0.05) is 35.9 Å². The van der Waals surface area contributed by atoms with Gasteiger partial charge in [0.15, 0.2) is 0 Å². The molecule has 1 spiro atoms. The van der Waals surface area contributed by atoms with Crippen LogP contribution in [0.3, 0.4) is 0 Å². The molecule has 7 nitrogen and oxygen atoms in total. The van der Waals surface area contributed by atoms with E-state index < -0.39 is 17.4 Å². The Labute approximate surface area is 176 Å². The van der Waals surface area contributed by atoms with Gasteiger partial charge < -0.3 is 19.9 Å². The Bertz CT molecular complexity index is 958. The minimum Gasteiger partial charge on any atom is -0.360 e. The fourth-order valence-electron chi connectivity index (χ4n) is 5.38. The van der Waals surface area contributed by atoms with Crippen LogP contribution in [0, 0.1) is 25.7 Å². The highest BCUT2D eigenvalue weighted by Gasteiger charge is 2.67. The van der Waals surface area contributed by atoms with Gasteiger partial charge in [0.1, 0.15) is 5.60 Å². The number of carbonyl (C=O) groups is 3. The van der Waals surface area contributed by atoms with Crippen molar-refractivity contribution in [3.63, 3.8) is 0 Å². The topological polar surface area (TPSA) is 79.0 Å². The summed E-state index contributed by atoms with van der Waals surface area (Å²) < 4.78 is 6.24. The second-order valence-corrected chi connectivity index (χ2v) is 8.99. The molecule has 0 radical (unpaired) electrons. The zero-order valence-electron chi connectivity index (χ0n) is 17.4. The number of amides is 3. The summed E-state index contributed by atoms with van der Waals surface area (Å²) in [6.45, 7) is 6.20. The predicted octanol–water partition coefficient (Wildman–Crippen LogP) is 0.934. The molecule has 0 aliphatic carbocycles. The standard InChI is InChI=1S/C23H27N3O4/c1-14-4-5-15(2)16(10-14)11-26-13-23-7-6-17(30-23)19(20(23)22(26)29)21(28)25-9-3-8-24-18(27)12-25/h4-7,10,17,19-20H,3,8-9,11-13H2,1-2H3,(H,24,27)/t17-,19?,20?,23-/m0/s1. The van der Waals surface area contributed by atoms with Crippen LogP contribution in [0.4, 0.5) is 0 Å². The van der Waals surface area contributed by atoms with E-state index >= 15 is 0 Å². The molecule has 1 aromatic rings. The van der Waals surface area contributed by atoms with Crippen molar-refractivity contribution in [2.75, 3.05) is 26.2 Å². The number of benzene rings is 1. The third kappa shape index (κ3) is 2.95. The molecule has 4 heterocycles. The van der Waals surface area contributed by atoms with Crippen molar-refractivity contribution in [2.24, 2.45) is 11.8 Å². The number of fused-ring (bicyclic) bond motifs is 1. The first-order valence-corrected chi connectivity index (χ1v) is 10.7. The van der Waals surface area contributed by atoms with Crippen LogP contribution in [-0.2, 0) is 25.7 Å². The van der Waals surface area contributed by atoms with E-state index in [1.54, 1.807) is 4.90 Å². The van der Waals surface area contributed by atoms with E-state index in [2.05, 4.69) is 23.5 Å². The zero-order valence-corrected chi connectivity index (χ0v) is 17.4. The van der Waals surface area contributed by atoms with Crippen molar-refractivity contribution in [3.8, 4) is 0 Å². The third-order valence-corrected chi connectivity index (χ3v) is 6.90. The second kappa shape index (κ2) is 6.94. The molecular weight excluding hydrogens is 382 g/mol. The van der Waals surface area contributed by atoms with Crippen LogP contribution in [0.25, 0.3) is 0 Å². The van der Waals surface area contributed by atoms with Crippen LogP contribution in [0.15, 0.2) is 30.4 Å². The number of aryl methyl sites for hydroxylation is 2. The monoisotopic (exact) mass is 409 g/mol. The highest BCUT2D eigenvalue weighted by atomic mass is 16.5. The molecule has 1 N–H and O–H groups in total. The maximum absolute atomic E-state index is 13.5. The molecule has 2 unspecified atom stereocenters. The molecule has 3 amide bonds. The second-order valence-electron chi connectivity index (χ2n) is 8.99. The number of hydrogen-bond donors (Lipinski definition) is 1. The van der Waals surface area contributed by atoms with Gasteiger partial charge in [-0.3, -0.25) is 14.4 Å². The van der Waals surface area contributed by atoms with E-state index in [0.29, 0.717) is 32.6 Å². The van der Waals surface area contributed by atoms with Crippen LogP contribution in [0.5, 0.6) is 0 Å². The molecule has 1 aromatic carbocycles. The molecule has 4 atom stereocenters. The van der Waals surface area contributed by atoms with Gasteiger partial charge in [0.25, 0.3) is 0 Å². The fourth-order valence-corrected chi connectivity index (χ4v) is 5.38. The van der Waals surface area contributed by atoms with Gasteiger partial charge in [-0.2, -0.15) is 0 Å².